The molecule has 5 aromatic carbocycles. The van der Waals surface area contributed by atoms with Gasteiger partial charge in [-0.05, 0) is 65.6 Å². The van der Waals surface area contributed by atoms with E-state index in [2.05, 4.69) is 120 Å². The molecule has 0 atom stereocenters. The van der Waals surface area contributed by atoms with Crippen LogP contribution >= 0.6 is 0 Å². The lowest BCUT2D eigenvalue weighted by Gasteiger charge is -2.14. The van der Waals surface area contributed by atoms with Crippen molar-refractivity contribution in [1.82, 2.24) is 24.9 Å². The van der Waals surface area contributed by atoms with E-state index in [4.69, 9.17) is 19.9 Å². The third-order valence-electron chi connectivity index (χ3n) is 9.25. The van der Waals surface area contributed by atoms with Gasteiger partial charge in [-0.1, -0.05) is 121 Å². The summed E-state index contributed by atoms with van der Waals surface area (Å²) in [6.45, 7) is 2.03. The first-order valence-corrected chi connectivity index (χ1v) is 17.0. The minimum Gasteiger partial charge on any atom is -0.264 e. The molecule has 0 aliphatic rings. The Labute approximate surface area is 296 Å². The SMILES string of the molecule is Cc1ccc2ccc3c(-c4cccc(-c5ccc(-c6nc(-c7ccccc7)cc(-c7cccnc7)n6)cc5)c4)cc(-c4ccccc4)nc3c2n1. The number of benzene rings is 5. The summed E-state index contributed by atoms with van der Waals surface area (Å²) in [5.41, 5.74) is 13.9. The fourth-order valence-electron chi connectivity index (χ4n) is 6.64. The smallest absolute Gasteiger partial charge is 0.160 e. The maximum atomic E-state index is 5.19. The van der Waals surface area contributed by atoms with Crippen molar-refractivity contribution in [2.45, 2.75) is 6.92 Å². The highest BCUT2D eigenvalue weighted by Gasteiger charge is 2.15. The van der Waals surface area contributed by atoms with Gasteiger partial charge in [0.2, 0.25) is 0 Å². The standard InChI is InChI=1S/C46H31N5/c1-30-17-18-34-23-24-39-40(27-41(32-10-4-2-5-11-32)49-45(39)44(34)48-30)37-15-8-14-36(26-37)31-19-21-35(22-20-31)46-50-42(33-12-6-3-7-13-33)28-43(51-46)38-16-9-25-47-29-38/h2-29H,1H3. The van der Waals surface area contributed by atoms with Gasteiger partial charge in [0.1, 0.15) is 0 Å². The lowest BCUT2D eigenvalue weighted by Crippen LogP contribution is -1.96. The average molecular weight is 654 g/mol. The predicted molar refractivity (Wildman–Crippen MR) is 208 cm³/mol. The van der Waals surface area contributed by atoms with Crippen LogP contribution in [0.25, 0.3) is 89.2 Å². The molecular weight excluding hydrogens is 623 g/mol. The molecule has 0 saturated carbocycles. The van der Waals surface area contributed by atoms with Crippen LogP contribution in [-0.4, -0.2) is 24.9 Å². The van der Waals surface area contributed by atoms with Gasteiger partial charge in [-0.15, -0.1) is 0 Å². The molecular formula is C46H31N5. The summed E-state index contributed by atoms with van der Waals surface area (Å²) in [5, 5.41) is 2.16. The van der Waals surface area contributed by atoms with Gasteiger partial charge >= 0.3 is 0 Å². The normalized spacial score (nSPS) is 11.2. The predicted octanol–water partition coefficient (Wildman–Crippen LogP) is 11.3. The summed E-state index contributed by atoms with van der Waals surface area (Å²) < 4.78 is 0. The third kappa shape index (κ3) is 5.91. The molecule has 9 rings (SSSR count). The Hall–Kier alpha value is -6.85. The van der Waals surface area contributed by atoms with Crippen molar-refractivity contribution in [2.75, 3.05) is 0 Å². The van der Waals surface area contributed by atoms with E-state index in [1.165, 1.54) is 0 Å². The number of hydrogen-bond donors (Lipinski definition) is 0. The lowest BCUT2D eigenvalue weighted by molar-refractivity contribution is 1.18. The maximum Gasteiger partial charge on any atom is 0.160 e. The van der Waals surface area contributed by atoms with E-state index in [0.717, 1.165) is 89.1 Å². The molecule has 0 aliphatic carbocycles. The molecule has 240 valence electrons. The van der Waals surface area contributed by atoms with Crippen LogP contribution in [0.1, 0.15) is 5.69 Å². The van der Waals surface area contributed by atoms with E-state index in [-0.39, 0.29) is 0 Å². The first-order chi connectivity index (χ1) is 25.2. The molecule has 0 N–H and O–H groups in total. The molecule has 0 unspecified atom stereocenters. The zero-order valence-electron chi connectivity index (χ0n) is 27.9. The summed E-state index contributed by atoms with van der Waals surface area (Å²) in [5.74, 6) is 0.670. The summed E-state index contributed by atoms with van der Waals surface area (Å²) in [6.07, 6.45) is 3.61. The Bertz CT molecular complexity index is 2620. The average Bonchev–Trinajstić information content (AvgIpc) is 3.21. The fraction of sp³-hybridized carbons (Fsp3) is 0.0217. The number of aromatic nitrogens is 5. The molecule has 0 fully saturated rings. The van der Waals surface area contributed by atoms with E-state index in [1.807, 2.05) is 55.6 Å². The van der Waals surface area contributed by atoms with Crippen molar-refractivity contribution in [1.29, 1.82) is 0 Å². The van der Waals surface area contributed by atoms with E-state index < -0.39 is 0 Å². The van der Waals surface area contributed by atoms with Crippen LogP contribution in [-0.2, 0) is 0 Å². The first kappa shape index (κ1) is 30.2. The van der Waals surface area contributed by atoms with Gasteiger partial charge in [0, 0.05) is 51.1 Å². The number of pyridine rings is 3. The minimum absolute atomic E-state index is 0.670. The van der Waals surface area contributed by atoms with E-state index in [1.54, 1.807) is 6.20 Å². The monoisotopic (exact) mass is 653 g/mol. The van der Waals surface area contributed by atoms with Gasteiger partial charge in [0.25, 0.3) is 0 Å². The molecule has 0 bridgehead atoms. The van der Waals surface area contributed by atoms with Gasteiger partial charge in [0.15, 0.2) is 5.82 Å². The summed E-state index contributed by atoms with van der Waals surface area (Å²) in [6, 6.07) is 54.5. The summed E-state index contributed by atoms with van der Waals surface area (Å²) >= 11 is 0. The highest BCUT2D eigenvalue weighted by molar-refractivity contribution is 6.09. The van der Waals surface area contributed by atoms with Crippen LogP contribution in [0, 0.1) is 6.92 Å². The van der Waals surface area contributed by atoms with Gasteiger partial charge in [0.05, 0.1) is 28.1 Å². The topological polar surface area (TPSA) is 64.5 Å². The molecule has 0 aliphatic heterocycles. The molecule has 0 saturated heterocycles. The van der Waals surface area contributed by atoms with Crippen LogP contribution < -0.4 is 0 Å². The van der Waals surface area contributed by atoms with Gasteiger partial charge in [-0.3, -0.25) is 9.97 Å². The van der Waals surface area contributed by atoms with E-state index >= 15 is 0 Å². The van der Waals surface area contributed by atoms with Crippen molar-refractivity contribution >= 4 is 21.8 Å². The van der Waals surface area contributed by atoms with Crippen LogP contribution in [0.4, 0.5) is 0 Å². The van der Waals surface area contributed by atoms with E-state index in [0.29, 0.717) is 5.82 Å². The molecule has 51 heavy (non-hydrogen) atoms. The van der Waals surface area contributed by atoms with Crippen LogP contribution in [0.15, 0.2) is 170 Å². The quantitative estimate of drug-likeness (QED) is 0.167. The number of aryl methyl sites for hydroxylation is 1. The Kier molecular flexibility index (Phi) is 7.63. The molecule has 4 aromatic heterocycles. The molecule has 9 aromatic rings. The third-order valence-corrected chi connectivity index (χ3v) is 9.25. The van der Waals surface area contributed by atoms with Crippen molar-refractivity contribution in [3.05, 3.63) is 176 Å². The second-order valence-electron chi connectivity index (χ2n) is 12.6. The second kappa shape index (κ2) is 12.9. The Morgan fingerprint density at radius 1 is 0.392 bits per heavy atom. The number of nitrogens with zero attached hydrogens (tertiary/aromatic N) is 5. The largest absolute Gasteiger partial charge is 0.264 e. The van der Waals surface area contributed by atoms with Gasteiger partial charge in [-0.2, -0.15) is 0 Å². The number of rotatable bonds is 6. The molecule has 0 spiro atoms. The van der Waals surface area contributed by atoms with Crippen molar-refractivity contribution in [3.8, 4) is 67.4 Å². The molecule has 5 nitrogen and oxygen atoms in total. The zero-order valence-corrected chi connectivity index (χ0v) is 27.9. The lowest BCUT2D eigenvalue weighted by atomic mass is 9.94. The van der Waals surface area contributed by atoms with Crippen molar-refractivity contribution in [2.24, 2.45) is 0 Å². The van der Waals surface area contributed by atoms with Crippen molar-refractivity contribution in [3.63, 3.8) is 0 Å². The number of hydrogen-bond acceptors (Lipinski definition) is 5. The summed E-state index contributed by atoms with van der Waals surface area (Å²) in [7, 11) is 0. The molecule has 4 heterocycles. The molecule has 5 heteroatoms. The number of fused-ring (bicyclic) bond motifs is 3. The fourth-order valence-corrected chi connectivity index (χ4v) is 6.64. The van der Waals surface area contributed by atoms with Crippen LogP contribution in [0.2, 0.25) is 0 Å². The van der Waals surface area contributed by atoms with E-state index in [9.17, 15) is 0 Å². The molecule has 0 amide bonds. The van der Waals surface area contributed by atoms with Gasteiger partial charge < -0.3 is 0 Å². The zero-order chi connectivity index (χ0) is 34.1. The highest BCUT2D eigenvalue weighted by atomic mass is 14.9. The minimum atomic E-state index is 0.670. The second-order valence-corrected chi connectivity index (χ2v) is 12.6. The Balaban J connectivity index is 1.13. The Morgan fingerprint density at radius 2 is 1.02 bits per heavy atom. The van der Waals surface area contributed by atoms with Crippen molar-refractivity contribution < 1.29 is 0 Å². The summed E-state index contributed by atoms with van der Waals surface area (Å²) in [4.78, 5) is 24.4. The van der Waals surface area contributed by atoms with Crippen LogP contribution in [0.5, 0.6) is 0 Å². The van der Waals surface area contributed by atoms with Gasteiger partial charge in [-0.25, -0.2) is 15.0 Å². The first-order valence-electron chi connectivity index (χ1n) is 17.0. The molecule has 0 radical (unpaired) electrons. The highest BCUT2D eigenvalue weighted by Crippen LogP contribution is 2.37. The Morgan fingerprint density at radius 3 is 1.75 bits per heavy atom. The van der Waals surface area contributed by atoms with Crippen LogP contribution in [0.3, 0.4) is 0 Å². The maximum absolute atomic E-state index is 5.19.